The Morgan fingerprint density at radius 3 is 2.08 bits per heavy atom. The molecule has 13 nitrogen and oxygen atoms in total. The van der Waals surface area contributed by atoms with Gasteiger partial charge in [0.1, 0.15) is 23.2 Å². The molecule has 62 heavy (non-hydrogen) atoms. The molecule has 1 fully saturated rings. The van der Waals surface area contributed by atoms with Crippen molar-refractivity contribution in [1.82, 2.24) is 14.6 Å². The summed E-state index contributed by atoms with van der Waals surface area (Å²) >= 11 is 0. The van der Waals surface area contributed by atoms with Crippen LogP contribution >= 0.6 is 8.53 Å². The van der Waals surface area contributed by atoms with E-state index in [1.165, 1.54) is 0 Å². The van der Waals surface area contributed by atoms with E-state index in [2.05, 4.69) is 65.9 Å². The van der Waals surface area contributed by atoms with Crippen molar-refractivity contribution >= 4 is 31.3 Å². The van der Waals surface area contributed by atoms with E-state index in [1.54, 1.807) is 34.1 Å². The number of nitrogens with one attached hydrogen (secondary N) is 2. The summed E-state index contributed by atoms with van der Waals surface area (Å²) < 4.78 is 41.2. The Bertz CT molecular complexity index is 2310. The Labute approximate surface area is 365 Å². The van der Waals surface area contributed by atoms with Crippen molar-refractivity contribution in [2.24, 2.45) is 5.92 Å². The number of benzene rings is 4. The van der Waals surface area contributed by atoms with Crippen LogP contribution in [0.5, 0.6) is 11.5 Å². The molecule has 1 unspecified atom stereocenters. The monoisotopic (exact) mass is 863 g/mol. The Kier molecular flexibility index (Phi) is 15.5. The SMILES string of the molecule is COc1ccc(C(OC[C@H]2O[C@@H](c3cc(C)c4nc(NC(=O)C(C)C)[nH]c(=O)c4c3)C[C@@H]2OP(OCCC#N)N(C(C)C)C(C)C)(c2ccccc2)c2ccc(OC)cc2)cc1. The zero-order chi connectivity index (χ0) is 44.6. The number of fused-ring (bicyclic) bond motifs is 1. The minimum absolute atomic E-state index is 0.0736. The summed E-state index contributed by atoms with van der Waals surface area (Å²) in [6.45, 7) is 14.1. The van der Waals surface area contributed by atoms with Gasteiger partial charge in [0.2, 0.25) is 11.9 Å². The second kappa shape index (κ2) is 20.8. The van der Waals surface area contributed by atoms with Crippen LogP contribution in [-0.2, 0) is 28.9 Å². The van der Waals surface area contributed by atoms with Gasteiger partial charge in [-0.1, -0.05) is 74.5 Å². The topological polar surface area (TPSA) is 157 Å². The van der Waals surface area contributed by atoms with Gasteiger partial charge in [-0.15, -0.1) is 0 Å². The lowest BCUT2D eigenvalue weighted by molar-refractivity contribution is -0.118. The van der Waals surface area contributed by atoms with Gasteiger partial charge in [0.25, 0.3) is 14.1 Å². The molecule has 2 N–H and O–H groups in total. The molecule has 4 aromatic carbocycles. The molecule has 2 heterocycles. The quantitative estimate of drug-likeness (QED) is 0.0463. The summed E-state index contributed by atoms with van der Waals surface area (Å²) in [4.78, 5) is 33.4. The van der Waals surface area contributed by atoms with Gasteiger partial charge in [-0.3, -0.25) is 19.9 Å². The number of aromatic amines is 1. The molecular formula is C48H58N5O8P. The molecule has 0 saturated carbocycles. The molecule has 0 aliphatic carbocycles. The molecule has 6 rings (SSSR count). The van der Waals surface area contributed by atoms with E-state index in [1.807, 2.05) is 79.7 Å². The summed E-state index contributed by atoms with van der Waals surface area (Å²) in [7, 11) is 1.62. The van der Waals surface area contributed by atoms with Crippen molar-refractivity contribution in [3.8, 4) is 17.6 Å². The van der Waals surface area contributed by atoms with Gasteiger partial charge in [0.05, 0.1) is 63.0 Å². The van der Waals surface area contributed by atoms with Crippen LogP contribution in [0.4, 0.5) is 5.95 Å². The highest BCUT2D eigenvalue weighted by Crippen LogP contribution is 2.51. The van der Waals surface area contributed by atoms with Gasteiger partial charge in [0, 0.05) is 24.4 Å². The van der Waals surface area contributed by atoms with Crippen molar-refractivity contribution < 1.29 is 32.8 Å². The van der Waals surface area contributed by atoms with Crippen LogP contribution in [0.1, 0.15) is 88.3 Å². The summed E-state index contributed by atoms with van der Waals surface area (Å²) in [5, 5.41) is 12.5. The lowest BCUT2D eigenvalue weighted by Gasteiger charge is -2.39. The van der Waals surface area contributed by atoms with Crippen LogP contribution in [0.15, 0.2) is 95.8 Å². The van der Waals surface area contributed by atoms with E-state index in [4.69, 9.17) is 28.0 Å². The first-order valence-electron chi connectivity index (χ1n) is 21.0. The van der Waals surface area contributed by atoms with Crippen LogP contribution < -0.4 is 20.3 Å². The van der Waals surface area contributed by atoms with Crippen molar-refractivity contribution in [3.63, 3.8) is 0 Å². The van der Waals surface area contributed by atoms with Gasteiger partial charge in [0.15, 0.2) is 0 Å². The zero-order valence-corrected chi connectivity index (χ0v) is 37.9. The van der Waals surface area contributed by atoms with E-state index in [0.29, 0.717) is 28.8 Å². The highest BCUT2D eigenvalue weighted by Gasteiger charge is 2.45. The third-order valence-electron chi connectivity index (χ3n) is 10.9. The molecule has 1 aliphatic rings. The molecule has 5 aromatic rings. The first kappa shape index (κ1) is 46.3. The number of methoxy groups -OCH3 is 2. The van der Waals surface area contributed by atoms with Crippen molar-refractivity contribution in [2.75, 3.05) is 32.8 Å². The first-order chi connectivity index (χ1) is 29.8. The molecule has 0 radical (unpaired) electrons. The molecule has 328 valence electrons. The minimum Gasteiger partial charge on any atom is -0.497 e. The molecule has 1 amide bonds. The number of H-pyrrole nitrogens is 1. The van der Waals surface area contributed by atoms with E-state index in [-0.39, 0.29) is 55.1 Å². The van der Waals surface area contributed by atoms with Crippen LogP contribution in [0, 0.1) is 24.2 Å². The number of aryl methyl sites for hydroxylation is 1. The average molecular weight is 864 g/mol. The van der Waals surface area contributed by atoms with Crippen LogP contribution in [0.3, 0.4) is 0 Å². The maximum Gasteiger partial charge on any atom is 0.260 e. The number of rotatable bonds is 19. The second-order valence-corrected chi connectivity index (χ2v) is 17.6. The largest absolute Gasteiger partial charge is 0.497 e. The van der Waals surface area contributed by atoms with Crippen LogP contribution in [0.2, 0.25) is 0 Å². The highest BCUT2D eigenvalue weighted by atomic mass is 31.2. The Morgan fingerprint density at radius 2 is 1.53 bits per heavy atom. The zero-order valence-electron chi connectivity index (χ0n) is 37.0. The number of nitrogens with zero attached hydrogens (tertiary/aromatic N) is 3. The van der Waals surface area contributed by atoms with Crippen molar-refractivity contribution in [3.05, 3.63) is 129 Å². The Morgan fingerprint density at radius 1 is 0.935 bits per heavy atom. The molecule has 0 bridgehead atoms. The van der Waals surface area contributed by atoms with Crippen LogP contribution in [0.25, 0.3) is 10.9 Å². The summed E-state index contributed by atoms with van der Waals surface area (Å²) in [6, 6.07) is 31.9. The number of hydrogen-bond acceptors (Lipinski definition) is 11. The van der Waals surface area contributed by atoms with E-state index in [9.17, 15) is 14.9 Å². The fourth-order valence-corrected chi connectivity index (χ4v) is 9.59. The maximum atomic E-state index is 13.6. The second-order valence-electron chi connectivity index (χ2n) is 16.2. The molecule has 0 spiro atoms. The fourth-order valence-electron chi connectivity index (χ4n) is 7.83. The smallest absolute Gasteiger partial charge is 0.260 e. The molecule has 4 atom stereocenters. The molecular weight excluding hydrogens is 806 g/mol. The summed E-state index contributed by atoms with van der Waals surface area (Å²) in [5.74, 6) is 0.978. The highest BCUT2D eigenvalue weighted by molar-refractivity contribution is 7.44. The number of hydrogen-bond donors (Lipinski definition) is 2. The third-order valence-corrected chi connectivity index (χ3v) is 13.0. The maximum absolute atomic E-state index is 13.6. The lowest BCUT2D eigenvalue weighted by atomic mass is 9.80. The molecule has 1 aromatic heterocycles. The summed E-state index contributed by atoms with van der Waals surface area (Å²) in [5.41, 5.74) is 3.14. The van der Waals surface area contributed by atoms with Gasteiger partial charge < -0.3 is 28.0 Å². The molecule has 14 heteroatoms. The predicted molar refractivity (Wildman–Crippen MR) is 241 cm³/mol. The van der Waals surface area contributed by atoms with Gasteiger partial charge in [-0.05, 0) is 92.8 Å². The fraction of sp³-hybridized carbons (Fsp3) is 0.417. The lowest BCUT2D eigenvalue weighted by Crippen LogP contribution is -2.39. The van der Waals surface area contributed by atoms with Crippen LogP contribution in [-0.4, -0.2) is 72.3 Å². The summed E-state index contributed by atoms with van der Waals surface area (Å²) in [6.07, 6.45) is -1.03. The van der Waals surface area contributed by atoms with E-state index >= 15 is 0 Å². The molecule has 1 aliphatic heterocycles. The number of ether oxygens (including phenoxy) is 4. The normalized spacial score (nSPS) is 17.2. The predicted octanol–water partition coefficient (Wildman–Crippen LogP) is 9.34. The first-order valence-corrected chi connectivity index (χ1v) is 22.2. The van der Waals surface area contributed by atoms with Crippen molar-refractivity contribution in [1.29, 1.82) is 5.26 Å². The Hall–Kier alpha value is -5.19. The van der Waals surface area contributed by atoms with E-state index < -0.39 is 32.4 Å². The number of aromatic nitrogens is 2. The standard InChI is InChI=1S/C48H58N5O8P/c1-30(2)45(54)51-47-50-44-33(7)26-34(27-40(44)46(55)52-47)41-28-42(61-62(59-25-13-24-49)53(31(3)4)32(5)6)43(60-41)29-58-48(35-14-11-10-12-15-35,36-16-20-38(56-8)21-17-36)37-18-22-39(57-9)23-19-37/h10-12,14-23,26-27,30-32,41-43H,13,25,28-29H2,1-9H3,(H2,50,51,52,54,55)/t41-,42+,43-,62?/m1/s1. The van der Waals surface area contributed by atoms with Gasteiger partial charge >= 0.3 is 0 Å². The number of amides is 1. The average Bonchev–Trinajstić information content (AvgIpc) is 3.67. The third kappa shape index (κ3) is 10.4. The number of carbonyl (C=O) groups excluding carboxylic acids is 1. The molecule has 1 saturated heterocycles. The number of carbonyl (C=O) groups is 1. The van der Waals surface area contributed by atoms with E-state index in [0.717, 1.165) is 27.8 Å². The number of nitriles is 1. The van der Waals surface area contributed by atoms with Crippen molar-refractivity contribution in [2.45, 2.75) is 97.3 Å². The minimum atomic E-state index is -1.66. The van der Waals surface area contributed by atoms with Gasteiger partial charge in [-0.2, -0.15) is 5.26 Å². The van der Waals surface area contributed by atoms with Gasteiger partial charge in [-0.25, -0.2) is 9.65 Å². The number of anilines is 1. The Balaban J connectivity index is 1.44.